The van der Waals surface area contributed by atoms with Crippen molar-refractivity contribution in [2.45, 2.75) is 6.92 Å². The standard InChI is InChI=1S/C20H25N5O3/c1-4-28-20(27)25-11-9-24(10-12-25)14-18(26)15(13-21)19-22(2)16-7-5-6-8-17(16)23(19)3/h5-8H,4,9-12,14H2,1-3H3/p+1. The number of benzene rings is 1. The van der Waals surface area contributed by atoms with Crippen molar-refractivity contribution in [3.8, 4) is 6.07 Å². The van der Waals surface area contributed by atoms with E-state index in [1.165, 1.54) is 0 Å². The van der Waals surface area contributed by atoms with E-state index in [0.717, 1.165) is 16.3 Å². The summed E-state index contributed by atoms with van der Waals surface area (Å²) in [6.45, 7) is 4.78. The Bertz CT molecular complexity index is 805. The molecule has 0 aliphatic carbocycles. The summed E-state index contributed by atoms with van der Waals surface area (Å²) < 4.78 is 5.02. The second-order valence-electron chi connectivity index (χ2n) is 6.95. The number of amides is 1. The molecule has 1 fully saturated rings. The van der Waals surface area contributed by atoms with Gasteiger partial charge in [-0.1, -0.05) is 12.1 Å². The number of ether oxygens (including phenoxy) is 1. The Morgan fingerprint density at radius 3 is 2.21 bits per heavy atom. The summed E-state index contributed by atoms with van der Waals surface area (Å²) in [5.74, 6) is 0.432. The zero-order valence-electron chi connectivity index (χ0n) is 16.6. The largest absolute Gasteiger partial charge is 0.450 e. The number of piperazine rings is 1. The monoisotopic (exact) mass is 384 g/mol. The van der Waals surface area contributed by atoms with Gasteiger partial charge in [-0.25, -0.2) is 4.79 Å². The van der Waals surface area contributed by atoms with Crippen LogP contribution < -0.4 is 14.7 Å². The zero-order valence-corrected chi connectivity index (χ0v) is 16.6. The molecule has 0 unspecified atom stereocenters. The predicted octanol–water partition coefficient (Wildman–Crippen LogP) is 0.234. The van der Waals surface area contributed by atoms with Crippen LogP contribution in [0.25, 0.3) is 0 Å². The van der Waals surface area contributed by atoms with Crippen molar-refractivity contribution >= 4 is 23.3 Å². The molecule has 3 rings (SSSR count). The van der Waals surface area contributed by atoms with Gasteiger partial charge >= 0.3 is 6.09 Å². The highest BCUT2D eigenvalue weighted by Gasteiger charge is 2.33. The van der Waals surface area contributed by atoms with Gasteiger partial charge in [-0.3, -0.25) is 9.69 Å². The number of para-hydroxylation sites is 2. The minimum atomic E-state index is -0.306. The minimum absolute atomic E-state index is 0.168. The van der Waals surface area contributed by atoms with E-state index in [1.54, 1.807) is 11.8 Å². The molecule has 0 radical (unpaired) electrons. The van der Waals surface area contributed by atoms with Crippen LogP contribution in [0.4, 0.5) is 16.2 Å². The van der Waals surface area contributed by atoms with E-state index in [-0.39, 0.29) is 24.0 Å². The number of carbonyl (C=O) groups is 2. The molecule has 1 N–H and O–H groups in total. The molecular formula is C20H26N5O3+. The Hall–Kier alpha value is -3.05. The van der Waals surface area contributed by atoms with Gasteiger partial charge in [-0.2, -0.15) is 5.26 Å². The van der Waals surface area contributed by atoms with Crippen LogP contribution in [0.5, 0.6) is 0 Å². The van der Waals surface area contributed by atoms with Crippen LogP contribution in [-0.2, 0) is 9.53 Å². The summed E-state index contributed by atoms with van der Waals surface area (Å²) in [4.78, 5) is 31.2. The third-order valence-corrected chi connectivity index (χ3v) is 5.26. The third kappa shape index (κ3) is 3.66. The summed E-state index contributed by atoms with van der Waals surface area (Å²) in [7, 11) is 3.74. The number of fused-ring (bicyclic) bond motifs is 1. The number of nitrogens with zero attached hydrogens (tertiary/aromatic N) is 4. The Morgan fingerprint density at radius 2 is 1.71 bits per heavy atom. The van der Waals surface area contributed by atoms with Gasteiger partial charge in [0.05, 0.1) is 44.2 Å². The Balaban J connectivity index is 1.70. The van der Waals surface area contributed by atoms with Crippen LogP contribution in [0.3, 0.4) is 0 Å². The van der Waals surface area contributed by atoms with Crippen molar-refractivity contribution in [3.05, 3.63) is 35.7 Å². The number of hydrogen-bond donors (Lipinski definition) is 1. The maximum atomic E-state index is 12.9. The lowest BCUT2D eigenvalue weighted by molar-refractivity contribution is -0.895. The average molecular weight is 384 g/mol. The molecule has 148 valence electrons. The molecule has 1 aromatic carbocycles. The summed E-state index contributed by atoms with van der Waals surface area (Å²) in [5, 5.41) is 9.71. The van der Waals surface area contributed by atoms with Gasteiger partial charge in [-0.15, -0.1) is 0 Å². The number of carbonyl (C=O) groups excluding carboxylic acids is 2. The molecule has 1 amide bonds. The lowest BCUT2D eigenvalue weighted by Gasteiger charge is -2.31. The van der Waals surface area contributed by atoms with Gasteiger partial charge in [0, 0.05) is 14.1 Å². The van der Waals surface area contributed by atoms with Gasteiger partial charge in [0.2, 0.25) is 5.78 Å². The van der Waals surface area contributed by atoms with E-state index in [1.807, 2.05) is 48.2 Å². The smallest absolute Gasteiger partial charge is 0.410 e. The van der Waals surface area contributed by atoms with Crippen LogP contribution in [0, 0.1) is 11.3 Å². The molecule has 0 bridgehead atoms. The van der Waals surface area contributed by atoms with Crippen molar-refractivity contribution in [3.63, 3.8) is 0 Å². The molecule has 1 aromatic rings. The highest BCUT2D eigenvalue weighted by molar-refractivity contribution is 6.03. The third-order valence-electron chi connectivity index (χ3n) is 5.26. The first-order valence-corrected chi connectivity index (χ1v) is 9.47. The average Bonchev–Trinajstić information content (AvgIpc) is 2.95. The molecule has 0 aromatic heterocycles. The number of ketones is 1. The molecule has 28 heavy (non-hydrogen) atoms. The summed E-state index contributed by atoms with van der Waals surface area (Å²) in [6, 6.07) is 9.94. The molecular weight excluding hydrogens is 358 g/mol. The molecule has 2 aliphatic rings. The van der Waals surface area contributed by atoms with E-state index >= 15 is 0 Å². The summed E-state index contributed by atoms with van der Waals surface area (Å²) in [5.41, 5.74) is 2.11. The normalized spacial score (nSPS) is 16.6. The second kappa shape index (κ2) is 8.31. The van der Waals surface area contributed by atoms with E-state index in [4.69, 9.17) is 4.74 Å². The van der Waals surface area contributed by atoms with Gasteiger partial charge < -0.3 is 19.4 Å². The summed E-state index contributed by atoms with van der Waals surface area (Å²) in [6.07, 6.45) is -0.306. The first kappa shape index (κ1) is 19.7. The molecule has 8 nitrogen and oxygen atoms in total. The van der Waals surface area contributed by atoms with E-state index in [9.17, 15) is 14.9 Å². The number of anilines is 2. The van der Waals surface area contributed by atoms with Crippen LogP contribution in [0.2, 0.25) is 0 Å². The predicted molar refractivity (Wildman–Crippen MR) is 105 cm³/mol. The fourth-order valence-electron chi connectivity index (χ4n) is 3.77. The van der Waals surface area contributed by atoms with E-state index in [2.05, 4.69) is 6.07 Å². The molecule has 8 heteroatoms. The Labute approximate surface area is 165 Å². The maximum absolute atomic E-state index is 12.9. The topological polar surface area (TPSA) is 81.3 Å². The Kier molecular flexibility index (Phi) is 5.85. The summed E-state index contributed by atoms with van der Waals surface area (Å²) >= 11 is 0. The number of rotatable bonds is 4. The van der Waals surface area contributed by atoms with Crippen molar-refractivity contribution in [2.24, 2.45) is 0 Å². The number of quaternary nitrogens is 1. The van der Waals surface area contributed by atoms with Gasteiger partial charge in [0.25, 0.3) is 0 Å². The van der Waals surface area contributed by atoms with Crippen molar-refractivity contribution in [2.75, 3.05) is 63.2 Å². The van der Waals surface area contributed by atoms with Gasteiger partial charge in [-0.05, 0) is 19.1 Å². The van der Waals surface area contributed by atoms with Crippen molar-refractivity contribution in [1.29, 1.82) is 5.26 Å². The molecule has 0 atom stereocenters. The van der Waals surface area contributed by atoms with Crippen LogP contribution in [0.1, 0.15) is 6.92 Å². The van der Waals surface area contributed by atoms with Gasteiger partial charge in [0.15, 0.2) is 0 Å². The minimum Gasteiger partial charge on any atom is -0.450 e. The van der Waals surface area contributed by atoms with Crippen molar-refractivity contribution in [1.82, 2.24) is 4.90 Å². The molecule has 0 spiro atoms. The van der Waals surface area contributed by atoms with Crippen LogP contribution >= 0.6 is 0 Å². The fourth-order valence-corrected chi connectivity index (χ4v) is 3.77. The molecule has 2 aliphatic heterocycles. The lowest BCUT2D eigenvalue weighted by atomic mass is 10.1. The first-order valence-electron chi connectivity index (χ1n) is 9.47. The maximum Gasteiger partial charge on any atom is 0.410 e. The second-order valence-corrected chi connectivity index (χ2v) is 6.95. The zero-order chi connectivity index (χ0) is 20.3. The molecule has 0 saturated carbocycles. The first-order chi connectivity index (χ1) is 13.5. The molecule has 1 saturated heterocycles. The number of nitriles is 1. The number of Topliss-reactive ketones (excluding diaryl/α,β-unsaturated/α-hetero) is 1. The number of nitrogens with one attached hydrogen (secondary N) is 1. The van der Waals surface area contributed by atoms with Crippen LogP contribution in [0.15, 0.2) is 35.7 Å². The molecule has 2 heterocycles. The van der Waals surface area contributed by atoms with Crippen LogP contribution in [-0.4, -0.2) is 70.2 Å². The lowest BCUT2D eigenvalue weighted by Crippen LogP contribution is -3.15. The van der Waals surface area contributed by atoms with E-state index in [0.29, 0.717) is 38.6 Å². The van der Waals surface area contributed by atoms with Gasteiger partial charge in [0.1, 0.15) is 24.0 Å². The quantitative estimate of drug-likeness (QED) is 0.591. The van der Waals surface area contributed by atoms with E-state index < -0.39 is 0 Å². The fraction of sp³-hybridized carbons (Fsp3) is 0.450. The van der Waals surface area contributed by atoms with Crippen molar-refractivity contribution < 1.29 is 19.2 Å². The highest BCUT2D eigenvalue weighted by atomic mass is 16.6. The number of hydrogen-bond acceptors (Lipinski definition) is 6. The Morgan fingerprint density at radius 1 is 1.14 bits per heavy atom. The highest BCUT2D eigenvalue weighted by Crippen LogP contribution is 2.40. The SMILES string of the molecule is CCOC(=O)N1CC[NH+](CC(=O)C(C#N)=C2N(C)c3ccccc3N2C)CC1.